The molecule has 1 atom stereocenters. The number of ether oxygens (including phenoxy) is 1. The summed E-state index contributed by atoms with van der Waals surface area (Å²) in [4.78, 5) is 2.56. The molecule has 1 aliphatic rings. The quantitative estimate of drug-likeness (QED) is 0.684. The molecule has 0 radical (unpaired) electrons. The fourth-order valence-electron chi connectivity index (χ4n) is 2.34. The summed E-state index contributed by atoms with van der Waals surface area (Å²) in [6.07, 6.45) is 6.68. The first-order chi connectivity index (χ1) is 7.38. The summed E-state index contributed by atoms with van der Waals surface area (Å²) in [5.41, 5.74) is 0. The molecule has 0 amide bonds. The maximum absolute atomic E-state index is 8.61. The summed E-state index contributed by atoms with van der Waals surface area (Å²) in [5.74, 6) is 0. The highest BCUT2D eigenvalue weighted by Gasteiger charge is 2.18. The van der Waals surface area contributed by atoms with E-state index in [1.54, 1.807) is 0 Å². The summed E-state index contributed by atoms with van der Waals surface area (Å²) in [6, 6.07) is 0.755. The van der Waals surface area contributed by atoms with E-state index >= 15 is 0 Å². The maximum atomic E-state index is 8.61. The Kier molecular flexibility index (Phi) is 6.98. The van der Waals surface area contributed by atoms with Crippen LogP contribution in [-0.4, -0.2) is 49.0 Å². The van der Waals surface area contributed by atoms with E-state index in [1.165, 1.54) is 38.6 Å². The molecule has 0 aromatic rings. The second-order valence-corrected chi connectivity index (χ2v) is 4.28. The van der Waals surface area contributed by atoms with Crippen molar-refractivity contribution in [1.82, 2.24) is 4.90 Å². The van der Waals surface area contributed by atoms with Gasteiger partial charge in [-0.05, 0) is 25.8 Å². The van der Waals surface area contributed by atoms with Crippen LogP contribution in [0, 0.1) is 0 Å². The molecule has 1 aliphatic heterocycles. The van der Waals surface area contributed by atoms with Crippen LogP contribution in [0.2, 0.25) is 0 Å². The molecule has 3 nitrogen and oxygen atoms in total. The molecule has 1 fully saturated rings. The topological polar surface area (TPSA) is 32.7 Å². The van der Waals surface area contributed by atoms with Gasteiger partial charge in [-0.3, -0.25) is 4.90 Å². The lowest BCUT2D eigenvalue weighted by Gasteiger charge is -2.28. The van der Waals surface area contributed by atoms with Gasteiger partial charge >= 0.3 is 0 Å². The van der Waals surface area contributed by atoms with E-state index in [9.17, 15) is 0 Å². The van der Waals surface area contributed by atoms with Crippen LogP contribution < -0.4 is 0 Å². The minimum Gasteiger partial charge on any atom is -0.394 e. The van der Waals surface area contributed by atoms with Crippen LogP contribution in [0.4, 0.5) is 0 Å². The summed E-state index contributed by atoms with van der Waals surface area (Å²) in [6.45, 7) is 5.90. The van der Waals surface area contributed by atoms with Crippen molar-refractivity contribution in [2.75, 3.05) is 32.9 Å². The van der Waals surface area contributed by atoms with Gasteiger partial charge in [0.2, 0.25) is 0 Å². The first-order valence-corrected chi connectivity index (χ1v) is 6.31. The number of rotatable bonds is 6. The molecule has 3 heteroatoms. The van der Waals surface area contributed by atoms with E-state index in [-0.39, 0.29) is 6.61 Å². The molecule has 90 valence electrons. The normalized spacial score (nSPS) is 24.0. The minimum atomic E-state index is 0.136. The van der Waals surface area contributed by atoms with E-state index in [2.05, 4.69) is 11.8 Å². The van der Waals surface area contributed by atoms with Gasteiger partial charge in [0.15, 0.2) is 0 Å². The third-order valence-corrected chi connectivity index (χ3v) is 3.23. The smallest absolute Gasteiger partial charge is 0.0698 e. The van der Waals surface area contributed by atoms with Crippen molar-refractivity contribution < 1.29 is 9.84 Å². The zero-order valence-corrected chi connectivity index (χ0v) is 9.95. The van der Waals surface area contributed by atoms with Crippen molar-refractivity contribution >= 4 is 0 Å². The fraction of sp³-hybridized carbons (Fsp3) is 1.00. The first-order valence-electron chi connectivity index (χ1n) is 6.31. The van der Waals surface area contributed by atoms with E-state index in [4.69, 9.17) is 9.84 Å². The van der Waals surface area contributed by atoms with Gasteiger partial charge < -0.3 is 9.84 Å². The lowest BCUT2D eigenvalue weighted by atomic mass is 10.1. The van der Waals surface area contributed by atoms with Gasteiger partial charge in [-0.15, -0.1) is 0 Å². The maximum Gasteiger partial charge on any atom is 0.0698 e. The number of aliphatic hydroxyl groups is 1. The molecule has 1 saturated heterocycles. The van der Waals surface area contributed by atoms with E-state index in [0.717, 1.165) is 19.2 Å². The Morgan fingerprint density at radius 3 is 2.87 bits per heavy atom. The van der Waals surface area contributed by atoms with Crippen LogP contribution in [-0.2, 0) is 4.74 Å². The Labute approximate surface area is 93.4 Å². The van der Waals surface area contributed by atoms with Gasteiger partial charge in [0.05, 0.1) is 19.8 Å². The number of hydrogen-bond donors (Lipinski definition) is 1. The molecule has 15 heavy (non-hydrogen) atoms. The molecule has 0 aromatic carbocycles. The minimum absolute atomic E-state index is 0.136. The number of likely N-dealkylation sites (tertiary alicyclic amines) is 1. The van der Waals surface area contributed by atoms with Crippen molar-refractivity contribution in [1.29, 1.82) is 0 Å². The summed E-state index contributed by atoms with van der Waals surface area (Å²) in [5, 5.41) is 8.61. The van der Waals surface area contributed by atoms with E-state index < -0.39 is 0 Å². The van der Waals surface area contributed by atoms with Crippen LogP contribution in [0.25, 0.3) is 0 Å². The van der Waals surface area contributed by atoms with Gasteiger partial charge in [0.1, 0.15) is 0 Å². The molecule has 0 bridgehead atoms. The lowest BCUT2D eigenvalue weighted by molar-refractivity contribution is 0.0630. The van der Waals surface area contributed by atoms with Crippen molar-refractivity contribution in [3.8, 4) is 0 Å². The molecule has 1 N–H and O–H groups in total. The van der Waals surface area contributed by atoms with Gasteiger partial charge in [-0.1, -0.05) is 19.8 Å². The van der Waals surface area contributed by atoms with Crippen LogP contribution in [0.5, 0.6) is 0 Å². The molecule has 1 rings (SSSR count). The molecule has 0 spiro atoms. The Hall–Kier alpha value is -0.120. The third kappa shape index (κ3) is 4.96. The standard InChI is InChI=1S/C12H25NO2/c1-2-12-6-4-3-5-7-13(12)8-10-15-11-9-14/h12,14H,2-11H2,1H3. The fourth-order valence-corrected chi connectivity index (χ4v) is 2.34. The molecule has 0 saturated carbocycles. The van der Waals surface area contributed by atoms with Gasteiger partial charge in [-0.2, -0.15) is 0 Å². The zero-order valence-electron chi connectivity index (χ0n) is 9.95. The number of aliphatic hydroxyl groups excluding tert-OH is 1. The molecule has 0 aromatic heterocycles. The Morgan fingerprint density at radius 1 is 1.27 bits per heavy atom. The molecule has 0 aliphatic carbocycles. The number of hydrogen-bond acceptors (Lipinski definition) is 3. The van der Waals surface area contributed by atoms with Crippen molar-refractivity contribution in [2.45, 2.75) is 45.1 Å². The first kappa shape index (κ1) is 12.9. The highest BCUT2D eigenvalue weighted by atomic mass is 16.5. The summed E-state index contributed by atoms with van der Waals surface area (Å²) < 4.78 is 5.33. The van der Waals surface area contributed by atoms with E-state index in [0.29, 0.717) is 6.61 Å². The SMILES string of the molecule is CCC1CCCCCN1CCOCCO. The van der Waals surface area contributed by atoms with Gasteiger partial charge in [0, 0.05) is 12.6 Å². The predicted molar refractivity (Wildman–Crippen MR) is 62.0 cm³/mol. The highest BCUT2D eigenvalue weighted by molar-refractivity contribution is 4.73. The average Bonchev–Trinajstić information content (AvgIpc) is 2.49. The van der Waals surface area contributed by atoms with Crippen molar-refractivity contribution in [3.05, 3.63) is 0 Å². The monoisotopic (exact) mass is 215 g/mol. The Morgan fingerprint density at radius 2 is 2.13 bits per heavy atom. The van der Waals surface area contributed by atoms with E-state index in [1.807, 2.05) is 0 Å². The molecular weight excluding hydrogens is 190 g/mol. The summed E-state index contributed by atoms with van der Waals surface area (Å²) >= 11 is 0. The highest BCUT2D eigenvalue weighted by Crippen LogP contribution is 2.18. The van der Waals surface area contributed by atoms with Crippen LogP contribution in [0.3, 0.4) is 0 Å². The number of nitrogens with zero attached hydrogens (tertiary/aromatic N) is 1. The van der Waals surface area contributed by atoms with Crippen LogP contribution in [0.15, 0.2) is 0 Å². The molecule has 1 heterocycles. The lowest BCUT2D eigenvalue weighted by Crippen LogP contribution is -2.37. The van der Waals surface area contributed by atoms with Crippen LogP contribution >= 0.6 is 0 Å². The Balaban J connectivity index is 2.22. The van der Waals surface area contributed by atoms with Gasteiger partial charge in [0.25, 0.3) is 0 Å². The second kappa shape index (κ2) is 8.08. The van der Waals surface area contributed by atoms with Crippen molar-refractivity contribution in [2.24, 2.45) is 0 Å². The average molecular weight is 215 g/mol. The van der Waals surface area contributed by atoms with Crippen molar-refractivity contribution in [3.63, 3.8) is 0 Å². The Bertz CT molecular complexity index is 153. The second-order valence-electron chi connectivity index (χ2n) is 4.28. The largest absolute Gasteiger partial charge is 0.394 e. The molecule has 1 unspecified atom stereocenters. The molecular formula is C12H25NO2. The van der Waals surface area contributed by atoms with Gasteiger partial charge in [-0.25, -0.2) is 0 Å². The van der Waals surface area contributed by atoms with Crippen LogP contribution in [0.1, 0.15) is 39.0 Å². The summed E-state index contributed by atoms with van der Waals surface area (Å²) in [7, 11) is 0. The predicted octanol–water partition coefficient (Wildman–Crippen LogP) is 1.65. The third-order valence-electron chi connectivity index (χ3n) is 3.23. The zero-order chi connectivity index (χ0) is 10.9.